The highest BCUT2D eigenvalue weighted by Crippen LogP contribution is 2.38. The lowest BCUT2D eigenvalue weighted by Crippen LogP contribution is -2.39. The third-order valence-electron chi connectivity index (χ3n) is 4.04. The summed E-state index contributed by atoms with van der Waals surface area (Å²) in [4.78, 5) is 16.2. The highest BCUT2D eigenvalue weighted by Gasteiger charge is 2.43. The molecule has 1 N–H and O–H groups in total. The van der Waals surface area contributed by atoms with E-state index in [0.717, 1.165) is 24.8 Å². The summed E-state index contributed by atoms with van der Waals surface area (Å²) in [5.74, 6) is 0.103. The number of rotatable bonds is 5. The van der Waals surface area contributed by atoms with Crippen molar-refractivity contribution >= 4 is 5.91 Å². The second kappa shape index (κ2) is 5.68. The zero-order valence-corrected chi connectivity index (χ0v) is 12.3. The molecule has 0 saturated heterocycles. The molecule has 0 atom stereocenters. The van der Waals surface area contributed by atoms with Gasteiger partial charge in [0.15, 0.2) is 0 Å². The van der Waals surface area contributed by atoms with E-state index in [2.05, 4.69) is 41.5 Å². The Morgan fingerprint density at radius 2 is 1.76 bits per heavy atom. The van der Waals surface area contributed by atoms with E-state index >= 15 is 0 Å². The molecular formula is C18H20N2O. The van der Waals surface area contributed by atoms with E-state index in [4.69, 9.17) is 0 Å². The highest BCUT2D eigenvalue weighted by molar-refractivity contribution is 5.79. The van der Waals surface area contributed by atoms with Crippen molar-refractivity contribution in [3.63, 3.8) is 0 Å². The van der Waals surface area contributed by atoms with Crippen molar-refractivity contribution in [1.82, 2.24) is 10.3 Å². The molecule has 1 heterocycles. The van der Waals surface area contributed by atoms with Gasteiger partial charge in [0.1, 0.15) is 0 Å². The van der Waals surface area contributed by atoms with Crippen molar-refractivity contribution in [3.8, 4) is 0 Å². The Hall–Kier alpha value is -2.16. The molecule has 21 heavy (non-hydrogen) atoms. The second-order valence-electron chi connectivity index (χ2n) is 6.02. The Balaban J connectivity index is 1.59. The Bertz CT molecular complexity index is 615. The quantitative estimate of drug-likeness (QED) is 0.915. The van der Waals surface area contributed by atoms with E-state index in [1.165, 1.54) is 11.1 Å². The third-order valence-corrected chi connectivity index (χ3v) is 4.04. The number of carbonyl (C=O) groups excluding carboxylic acids is 1. The zero-order chi connectivity index (χ0) is 14.7. The predicted octanol–water partition coefficient (Wildman–Crippen LogP) is 2.82. The van der Waals surface area contributed by atoms with Crippen LogP contribution in [0.25, 0.3) is 0 Å². The summed E-state index contributed by atoms with van der Waals surface area (Å²) in [5, 5.41) is 3.22. The summed E-state index contributed by atoms with van der Waals surface area (Å²) in [6.07, 6.45) is 6.95. The molecule has 1 aliphatic rings. The van der Waals surface area contributed by atoms with E-state index in [0.29, 0.717) is 6.42 Å². The molecule has 0 unspecified atom stereocenters. The summed E-state index contributed by atoms with van der Waals surface area (Å²) < 4.78 is 0. The molecule has 1 aliphatic carbocycles. The fourth-order valence-corrected chi connectivity index (χ4v) is 2.62. The van der Waals surface area contributed by atoms with Gasteiger partial charge in [0, 0.05) is 17.9 Å². The maximum atomic E-state index is 12.2. The first-order chi connectivity index (χ1) is 10.2. The molecule has 1 saturated carbocycles. The van der Waals surface area contributed by atoms with Crippen LogP contribution >= 0.6 is 0 Å². The van der Waals surface area contributed by atoms with Crippen LogP contribution in [0.4, 0.5) is 0 Å². The molecule has 1 fully saturated rings. The molecule has 3 nitrogen and oxygen atoms in total. The van der Waals surface area contributed by atoms with Gasteiger partial charge in [-0.2, -0.15) is 0 Å². The van der Waals surface area contributed by atoms with Crippen LogP contribution < -0.4 is 5.32 Å². The lowest BCUT2D eigenvalue weighted by molar-refractivity contribution is -0.121. The SMILES string of the molecule is Cc1ccc(CC2(NC(=O)Cc3ccncc3)CC2)cc1. The summed E-state index contributed by atoms with van der Waals surface area (Å²) in [6.45, 7) is 2.09. The van der Waals surface area contributed by atoms with Crippen LogP contribution in [0, 0.1) is 6.92 Å². The van der Waals surface area contributed by atoms with Gasteiger partial charge in [0.25, 0.3) is 0 Å². The number of pyridine rings is 1. The molecule has 0 spiro atoms. The van der Waals surface area contributed by atoms with Crippen molar-refractivity contribution in [2.24, 2.45) is 0 Å². The van der Waals surface area contributed by atoms with Gasteiger partial charge in [-0.25, -0.2) is 0 Å². The summed E-state index contributed by atoms with van der Waals surface area (Å²) in [5.41, 5.74) is 3.56. The standard InChI is InChI=1S/C18H20N2O/c1-14-2-4-16(5-3-14)13-18(8-9-18)20-17(21)12-15-6-10-19-11-7-15/h2-7,10-11H,8-9,12-13H2,1H3,(H,20,21). The predicted molar refractivity (Wildman–Crippen MR) is 82.9 cm³/mol. The molecule has 0 aliphatic heterocycles. The average molecular weight is 280 g/mol. The summed E-state index contributed by atoms with van der Waals surface area (Å²) in [7, 11) is 0. The van der Waals surface area contributed by atoms with Crippen molar-refractivity contribution < 1.29 is 4.79 Å². The second-order valence-corrected chi connectivity index (χ2v) is 6.02. The monoisotopic (exact) mass is 280 g/mol. The van der Waals surface area contributed by atoms with Crippen LogP contribution in [0.5, 0.6) is 0 Å². The summed E-state index contributed by atoms with van der Waals surface area (Å²) >= 11 is 0. The number of amides is 1. The van der Waals surface area contributed by atoms with Crippen LogP contribution in [0.3, 0.4) is 0 Å². The Kier molecular flexibility index (Phi) is 3.74. The van der Waals surface area contributed by atoms with Crippen LogP contribution in [-0.2, 0) is 17.6 Å². The van der Waals surface area contributed by atoms with Gasteiger partial charge in [-0.3, -0.25) is 9.78 Å². The molecule has 3 rings (SSSR count). The van der Waals surface area contributed by atoms with Crippen molar-refractivity contribution in [2.45, 2.75) is 38.1 Å². The van der Waals surface area contributed by atoms with Crippen molar-refractivity contribution in [3.05, 3.63) is 65.5 Å². The summed E-state index contributed by atoms with van der Waals surface area (Å²) in [6, 6.07) is 12.3. The normalized spacial score (nSPS) is 15.5. The van der Waals surface area contributed by atoms with Crippen LogP contribution in [0.1, 0.15) is 29.5 Å². The number of carbonyl (C=O) groups is 1. The van der Waals surface area contributed by atoms with E-state index < -0.39 is 0 Å². The van der Waals surface area contributed by atoms with Gasteiger partial charge in [-0.1, -0.05) is 29.8 Å². The number of benzene rings is 1. The maximum absolute atomic E-state index is 12.2. The van der Waals surface area contributed by atoms with E-state index in [1.807, 2.05) is 12.1 Å². The largest absolute Gasteiger partial charge is 0.350 e. The smallest absolute Gasteiger partial charge is 0.224 e. The number of aryl methyl sites for hydroxylation is 1. The Labute approximate surface area is 125 Å². The van der Waals surface area contributed by atoms with E-state index in [1.54, 1.807) is 12.4 Å². The van der Waals surface area contributed by atoms with E-state index in [-0.39, 0.29) is 11.4 Å². The zero-order valence-electron chi connectivity index (χ0n) is 12.3. The molecule has 3 heteroatoms. The molecular weight excluding hydrogens is 260 g/mol. The van der Waals surface area contributed by atoms with Crippen LogP contribution in [0.2, 0.25) is 0 Å². The number of nitrogens with one attached hydrogen (secondary N) is 1. The van der Waals surface area contributed by atoms with Gasteiger partial charge in [0.2, 0.25) is 5.91 Å². The van der Waals surface area contributed by atoms with Gasteiger partial charge >= 0.3 is 0 Å². The van der Waals surface area contributed by atoms with Crippen molar-refractivity contribution in [1.29, 1.82) is 0 Å². The van der Waals surface area contributed by atoms with Gasteiger partial charge in [-0.15, -0.1) is 0 Å². The van der Waals surface area contributed by atoms with Crippen molar-refractivity contribution in [2.75, 3.05) is 0 Å². The van der Waals surface area contributed by atoms with Crippen LogP contribution in [0.15, 0.2) is 48.8 Å². The highest BCUT2D eigenvalue weighted by atomic mass is 16.1. The number of hydrogen-bond donors (Lipinski definition) is 1. The minimum Gasteiger partial charge on any atom is -0.350 e. The van der Waals surface area contributed by atoms with E-state index in [9.17, 15) is 4.79 Å². The molecule has 1 amide bonds. The molecule has 1 aromatic heterocycles. The van der Waals surface area contributed by atoms with Gasteiger partial charge in [0.05, 0.1) is 6.42 Å². The third kappa shape index (κ3) is 3.69. The first-order valence-corrected chi connectivity index (χ1v) is 7.41. The maximum Gasteiger partial charge on any atom is 0.224 e. The minimum absolute atomic E-state index is 0.0145. The lowest BCUT2D eigenvalue weighted by Gasteiger charge is -2.18. The van der Waals surface area contributed by atoms with Crippen LogP contribution in [-0.4, -0.2) is 16.4 Å². The molecule has 0 radical (unpaired) electrons. The lowest BCUT2D eigenvalue weighted by atomic mass is 10.0. The fraction of sp³-hybridized carbons (Fsp3) is 0.333. The molecule has 108 valence electrons. The first-order valence-electron chi connectivity index (χ1n) is 7.41. The topological polar surface area (TPSA) is 42.0 Å². The Morgan fingerprint density at radius 1 is 1.10 bits per heavy atom. The number of nitrogens with zero attached hydrogens (tertiary/aromatic N) is 1. The first kappa shape index (κ1) is 13.8. The molecule has 0 bridgehead atoms. The number of aromatic nitrogens is 1. The minimum atomic E-state index is -0.0145. The number of hydrogen-bond acceptors (Lipinski definition) is 2. The molecule has 1 aromatic carbocycles. The Morgan fingerprint density at radius 3 is 2.38 bits per heavy atom. The van der Waals surface area contributed by atoms with Gasteiger partial charge in [-0.05, 0) is 49.4 Å². The average Bonchev–Trinajstić information content (AvgIpc) is 3.22. The fourth-order valence-electron chi connectivity index (χ4n) is 2.62. The van der Waals surface area contributed by atoms with Gasteiger partial charge < -0.3 is 5.32 Å². The molecule has 2 aromatic rings.